The number of aromatic hydroxyl groups is 1. The molecule has 0 saturated heterocycles. The first kappa shape index (κ1) is 17.5. The topological polar surface area (TPSA) is 32.3 Å². The number of hydrogen-bond donors (Lipinski definition) is 2. The number of fused-ring (bicyclic) bond motifs is 4. The molecule has 0 aliphatic heterocycles. The van der Waals surface area contributed by atoms with Gasteiger partial charge in [0.25, 0.3) is 0 Å². The third kappa shape index (κ3) is 2.90. The molecule has 0 spiro atoms. The van der Waals surface area contributed by atoms with E-state index in [0.29, 0.717) is 17.7 Å². The molecule has 2 aromatic carbocycles. The number of anilines is 1. The van der Waals surface area contributed by atoms with Crippen LogP contribution in [0.5, 0.6) is 5.75 Å². The van der Waals surface area contributed by atoms with Gasteiger partial charge in [-0.3, -0.25) is 0 Å². The van der Waals surface area contributed by atoms with Crippen LogP contribution in [0.2, 0.25) is 0 Å². The fourth-order valence-electron chi connectivity index (χ4n) is 5.35. The van der Waals surface area contributed by atoms with Gasteiger partial charge in [0.05, 0.1) is 0 Å². The Kier molecular flexibility index (Phi) is 4.46. The summed E-state index contributed by atoms with van der Waals surface area (Å²) in [5.74, 6) is 1.76. The maximum Gasteiger partial charge on any atom is 0.115 e. The lowest BCUT2D eigenvalue weighted by molar-refractivity contribution is 0.131. The average Bonchev–Trinajstić information content (AvgIpc) is 2.63. The molecule has 2 bridgehead atoms. The zero-order valence-electron chi connectivity index (χ0n) is 16.3. The Bertz CT molecular complexity index is 781. The first-order valence-electron chi connectivity index (χ1n) is 10.2. The van der Waals surface area contributed by atoms with Crippen LogP contribution in [0.15, 0.2) is 42.5 Å². The number of hydrogen-bond acceptors (Lipinski definition) is 2. The lowest BCUT2D eigenvalue weighted by Gasteiger charge is -2.54. The minimum atomic E-state index is 0.0750. The van der Waals surface area contributed by atoms with E-state index >= 15 is 0 Å². The van der Waals surface area contributed by atoms with Crippen molar-refractivity contribution in [1.29, 1.82) is 0 Å². The standard InChI is InChI=1S/C24H31NO/c1-4-5-17-6-9-19(10-7-17)25-23-21-14-18-8-11-20(26)15-22(18)24(23,3)13-12-16(21)2/h6-11,15-16,21,23,25-26H,4-5,12-14H2,1-3H3/t16?,21?,23?,24-/m1/s1. The van der Waals surface area contributed by atoms with Crippen LogP contribution in [0.3, 0.4) is 0 Å². The number of phenols is 1. The smallest absolute Gasteiger partial charge is 0.115 e. The molecule has 3 unspecified atom stereocenters. The van der Waals surface area contributed by atoms with Gasteiger partial charge in [-0.05, 0) is 78.5 Å². The van der Waals surface area contributed by atoms with Crippen molar-refractivity contribution in [2.45, 2.75) is 64.3 Å². The largest absolute Gasteiger partial charge is 0.508 e. The van der Waals surface area contributed by atoms with E-state index in [2.05, 4.69) is 56.4 Å². The highest BCUT2D eigenvalue weighted by molar-refractivity contribution is 5.51. The second kappa shape index (κ2) is 6.64. The van der Waals surface area contributed by atoms with Crippen molar-refractivity contribution in [3.05, 3.63) is 59.2 Å². The summed E-state index contributed by atoms with van der Waals surface area (Å²) in [5.41, 5.74) is 5.49. The monoisotopic (exact) mass is 349 g/mol. The number of rotatable bonds is 4. The summed E-state index contributed by atoms with van der Waals surface area (Å²) in [6.45, 7) is 7.03. The maximum absolute atomic E-state index is 10.1. The fraction of sp³-hybridized carbons (Fsp3) is 0.500. The Balaban J connectivity index is 1.68. The molecular weight excluding hydrogens is 318 g/mol. The van der Waals surface area contributed by atoms with E-state index in [1.807, 2.05) is 12.1 Å². The van der Waals surface area contributed by atoms with Gasteiger partial charge in [0.15, 0.2) is 0 Å². The molecular formula is C24H31NO. The van der Waals surface area contributed by atoms with Crippen molar-refractivity contribution in [3.63, 3.8) is 0 Å². The van der Waals surface area contributed by atoms with Crippen LogP contribution in [-0.2, 0) is 18.3 Å². The van der Waals surface area contributed by atoms with Crippen LogP contribution >= 0.6 is 0 Å². The highest BCUT2D eigenvalue weighted by Crippen LogP contribution is 2.52. The first-order chi connectivity index (χ1) is 12.5. The van der Waals surface area contributed by atoms with Gasteiger partial charge in [-0.15, -0.1) is 0 Å². The molecule has 2 N–H and O–H groups in total. The summed E-state index contributed by atoms with van der Waals surface area (Å²) in [5, 5.41) is 14.0. The maximum atomic E-state index is 10.1. The molecule has 26 heavy (non-hydrogen) atoms. The zero-order chi connectivity index (χ0) is 18.3. The normalized spacial score (nSPS) is 29.9. The van der Waals surface area contributed by atoms with Crippen molar-refractivity contribution in [3.8, 4) is 5.75 Å². The van der Waals surface area contributed by atoms with E-state index < -0.39 is 0 Å². The molecule has 2 aliphatic carbocycles. The van der Waals surface area contributed by atoms with Crippen LogP contribution in [0.1, 0.15) is 56.7 Å². The molecule has 4 atom stereocenters. The lowest BCUT2D eigenvalue weighted by atomic mass is 9.54. The average molecular weight is 350 g/mol. The van der Waals surface area contributed by atoms with Gasteiger partial charge in [0, 0.05) is 17.1 Å². The van der Waals surface area contributed by atoms with Crippen LogP contribution < -0.4 is 5.32 Å². The minimum absolute atomic E-state index is 0.0750. The predicted molar refractivity (Wildman–Crippen MR) is 109 cm³/mol. The fourth-order valence-corrected chi connectivity index (χ4v) is 5.35. The van der Waals surface area contributed by atoms with Crippen LogP contribution in [0, 0.1) is 11.8 Å². The molecule has 2 nitrogen and oxygen atoms in total. The van der Waals surface area contributed by atoms with Crippen molar-refractivity contribution >= 4 is 5.69 Å². The summed E-state index contributed by atoms with van der Waals surface area (Å²) in [4.78, 5) is 0. The first-order valence-corrected chi connectivity index (χ1v) is 10.2. The number of phenolic OH excluding ortho intramolecular Hbond substituents is 1. The molecule has 2 heteroatoms. The summed E-state index contributed by atoms with van der Waals surface area (Å²) >= 11 is 0. The van der Waals surface area contributed by atoms with Gasteiger partial charge in [0.1, 0.15) is 5.75 Å². The van der Waals surface area contributed by atoms with Crippen molar-refractivity contribution < 1.29 is 5.11 Å². The van der Waals surface area contributed by atoms with Gasteiger partial charge in [-0.2, -0.15) is 0 Å². The molecule has 1 saturated carbocycles. The van der Waals surface area contributed by atoms with E-state index in [1.165, 1.54) is 41.6 Å². The molecule has 2 aliphatic rings. The molecule has 2 aromatic rings. The molecule has 0 aromatic heterocycles. The van der Waals surface area contributed by atoms with E-state index in [1.54, 1.807) is 0 Å². The Hall–Kier alpha value is -1.96. The summed E-state index contributed by atoms with van der Waals surface area (Å²) in [6.07, 6.45) is 5.88. The van der Waals surface area contributed by atoms with Crippen LogP contribution in [-0.4, -0.2) is 11.1 Å². The number of aryl methyl sites for hydroxylation is 1. The highest BCUT2D eigenvalue weighted by atomic mass is 16.3. The molecule has 1 fully saturated rings. The SMILES string of the molecule is CCCc1ccc(NC2C3Cc4ccc(O)cc4[C@@]2(C)CCC3C)cc1. The van der Waals surface area contributed by atoms with Crippen LogP contribution in [0.25, 0.3) is 0 Å². The van der Waals surface area contributed by atoms with E-state index in [-0.39, 0.29) is 5.41 Å². The van der Waals surface area contributed by atoms with E-state index in [0.717, 1.165) is 18.8 Å². The number of nitrogens with one attached hydrogen (secondary N) is 1. The van der Waals surface area contributed by atoms with Gasteiger partial charge in [-0.1, -0.05) is 45.4 Å². The highest BCUT2D eigenvalue weighted by Gasteiger charge is 2.50. The van der Waals surface area contributed by atoms with Gasteiger partial charge < -0.3 is 10.4 Å². The number of benzene rings is 2. The second-order valence-electron chi connectivity index (χ2n) is 8.71. The van der Waals surface area contributed by atoms with Crippen LogP contribution in [0.4, 0.5) is 5.69 Å². The summed E-state index contributed by atoms with van der Waals surface area (Å²) in [6, 6.07) is 15.4. The predicted octanol–water partition coefficient (Wildman–Crippen LogP) is 5.69. The Morgan fingerprint density at radius 2 is 1.92 bits per heavy atom. The summed E-state index contributed by atoms with van der Waals surface area (Å²) < 4.78 is 0. The quantitative estimate of drug-likeness (QED) is 0.743. The van der Waals surface area contributed by atoms with Gasteiger partial charge in [0.2, 0.25) is 0 Å². The molecule has 0 radical (unpaired) electrons. The molecule has 4 rings (SSSR count). The Morgan fingerprint density at radius 3 is 2.65 bits per heavy atom. The minimum Gasteiger partial charge on any atom is -0.508 e. The molecule has 0 amide bonds. The Labute approximate surface area is 157 Å². The summed E-state index contributed by atoms with van der Waals surface area (Å²) in [7, 11) is 0. The van der Waals surface area contributed by atoms with E-state index in [4.69, 9.17) is 0 Å². The van der Waals surface area contributed by atoms with Gasteiger partial charge >= 0.3 is 0 Å². The van der Waals surface area contributed by atoms with E-state index in [9.17, 15) is 5.11 Å². The van der Waals surface area contributed by atoms with Crippen molar-refractivity contribution in [1.82, 2.24) is 0 Å². The second-order valence-corrected chi connectivity index (χ2v) is 8.71. The van der Waals surface area contributed by atoms with Gasteiger partial charge in [-0.25, -0.2) is 0 Å². The third-order valence-electron chi connectivity index (χ3n) is 6.94. The van der Waals surface area contributed by atoms with Crippen molar-refractivity contribution in [2.24, 2.45) is 11.8 Å². The lowest BCUT2D eigenvalue weighted by Crippen LogP contribution is -2.56. The van der Waals surface area contributed by atoms with Crippen molar-refractivity contribution in [2.75, 3.05) is 5.32 Å². The molecule has 138 valence electrons. The third-order valence-corrected chi connectivity index (χ3v) is 6.94. The zero-order valence-corrected chi connectivity index (χ0v) is 16.3. The molecule has 0 heterocycles. The Morgan fingerprint density at radius 1 is 1.15 bits per heavy atom.